The third-order valence-electron chi connectivity index (χ3n) is 4.43. The third kappa shape index (κ3) is 5.60. The van der Waals surface area contributed by atoms with Crippen molar-refractivity contribution in [1.29, 1.82) is 0 Å². The molecule has 2 N–H and O–H groups in total. The number of nitrogens with one attached hydrogen (secondary N) is 2. The van der Waals surface area contributed by atoms with Crippen LogP contribution in [0.3, 0.4) is 0 Å². The molecule has 0 spiro atoms. The van der Waals surface area contributed by atoms with Gasteiger partial charge in [0, 0.05) is 30.8 Å². The van der Waals surface area contributed by atoms with Crippen molar-refractivity contribution in [2.45, 2.75) is 33.7 Å². The Bertz CT molecular complexity index is 872. The van der Waals surface area contributed by atoms with Gasteiger partial charge in [-0.2, -0.15) is 5.10 Å². The minimum atomic E-state index is 0. The lowest BCUT2D eigenvalue weighted by atomic mass is 10.2. The predicted octanol–water partition coefficient (Wildman–Crippen LogP) is 4.00. The molecule has 1 aromatic carbocycles. The van der Waals surface area contributed by atoms with E-state index in [9.17, 15) is 0 Å². The highest BCUT2D eigenvalue weighted by Gasteiger charge is 2.12. The number of para-hydroxylation sites is 1. The van der Waals surface area contributed by atoms with Gasteiger partial charge in [-0.15, -0.1) is 24.0 Å². The van der Waals surface area contributed by atoms with Crippen LogP contribution in [0.1, 0.15) is 29.6 Å². The first kappa shape index (κ1) is 22.0. The van der Waals surface area contributed by atoms with Gasteiger partial charge in [0.15, 0.2) is 5.96 Å². The molecule has 6 nitrogen and oxygen atoms in total. The molecule has 0 radical (unpaired) electrons. The zero-order chi connectivity index (χ0) is 19.1. The molecule has 0 aliphatic carbocycles. The van der Waals surface area contributed by atoms with Gasteiger partial charge in [0.2, 0.25) is 0 Å². The van der Waals surface area contributed by atoms with Crippen LogP contribution in [0.5, 0.6) is 0 Å². The van der Waals surface area contributed by atoms with Gasteiger partial charge < -0.3 is 15.1 Å². The van der Waals surface area contributed by atoms with E-state index in [2.05, 4.69) is 36.6 Å². The molecule has 0 saturated carbocycles. The number of halogens is 1. The fraction of sp³-hybridized carbons (Fsp3) is 0.333. The van der Waals surface area contributed by atoms with Crippen LogP contribution in [-0.2, 0) is 13.0 Å². The van der Waals surface area contributed by atoms with Gasteiger partial charge in [0.1, 0.15) is 5.76 Å². The number of hydrogen-bond acceptors (Lipinski definition) is 3. The normalized spacial score (nSPS) is 11.2. The molecule has 7 heteroatoms. The minimum Gasteiger partial charge on any atom is -0.469 e. The van der Waals surface area contributed by atoms with E-state index in [0.717, 1.165) is 53.9 Å². The lowest BCUT2D eigenvalue weighted by molar-refractivity contribution is 0.507. The van der Waals surface area contributed by atoms with Gasteiger partial charge in [-0.25, -0.2) is 9.67 Å². The molecule has 3 aromatic rings. The van der Waals surface area contributed by atoms with E-state index < -0.39 is 0 Å². The molecule has 2 heterocycles. The Balaban J connectivity index is 0.00000280. The second-order valence-electron chi connectivity index (χ2n) is 6.35. The second-order valence-corrected chi connectivity index (χ2v) is 6.35. The fourth-order valence-corrected chi connectivity index (χ4v) is 2.98. The molecule has 150 valence electrons. The molecule has 0 unspecified atom stereocenters. The highest BCUT2D eigenvalue weighted by atomic mass is 127. The summed E-state index contributed by atoms with van der Waals surface area (Å²) in [5.74, 6) is 1.77. The second kappa shape index (κ2) is 10.9. The maximum atomic E-state index is 5.37. The number of aromatic nitrogens is 2. The SMILES string of the molecule is CCNC(=NCc1c(C)nn(-c2ccccc2)c1C)NCCc1ccco1.I. The van der Waals surface area contributed by atoms with Gasteiger partial charge in [-0.1, -0.05) is 18.2 Å². The van der Waals surface area contributed by atoms with Gasteiger partial charge in [-0.3, -0.25) is 0 Å². The Morgan fingerprint density at radius 1 is 1.11 bits per heavy atom. The lowest BCUT2D eigenvalue weighted by Crippen LogP contribution is -2.38. The van der Waals surface area contributed by atoms with Crippen molar-refractivity contribution in [2.24, 2.45) is 4.99 Å². The Morgan fingerprint density at radius 3 is 2.57 bits per heavy atom. The highest BCUT2D eigenvalue weighted by Crippen LogP contribution is 2.18. The van der Waals surface area contributed by atoms with Gasteiger partial charge in [0.25, 0.3) is 0 Å². The van der Waals surface area contributed by atoms with Crippen LogP contribution in [0.15, 0.2) is 58.1 Å². The summed E-state index contributed by atoms with van der Waals surface area (Å²) in [4.78, 5) is 4.74. The van der Waals surface area contributed by atoms with Crippen molar-refractivity contribution in [1.82, 2.24) is 20.4 Å². The average molecular weight is 493 g/mol. The number of furan rings is 1. The topological polar surface area (TPSA) is 67.4 Å². The van der Waals surface area contributed by atoms with Crippen molar-refractivity contribution < 1.29 is 4.42 Å². The van der Waals surface area contributed by atoms with Crippen LogP contribution in [0, 0.1) is 13.8 Å². The summed E-state index contributed by atoms with van der Waals surface area (Å²) in [7, 11) is 0. The molecule has 0 aliphatic rings. The number of benzene rings is 1. The monoisotopic (exact) mass is 493 g/mol. The Kier molecular flexibility index (Phi) is 8.56. The number of aryl methyl sites for hydroxylation is 1. The zero-order valence-electron chi connectivity index (χ0n) is 16.6. The van der Waals surface area contributed by atoms with Crippen LogP contribution >= 0.6 is 24.0 Å². The van der Waals surface area contributed by atoms with E-state index in [-0.39, 0.29) is 24.0 Å². The predicted molar refractivity (Wildman–Crippen MR) is 124 cm³/mol. The smallest absolute Gasteiger partial charge is 0.191 e. The number of guanidine groups is 1. The standard InChI is InChI=1S/C21H27N5O.HI/c1-4-22-21(23-13-12-19-11-8-14-27-19)24-15-20-16(2)25-26(17(20)3)18-9-6-5-7-10-18;/h5-11,14H,4,12-13,15H2,1-3H3,(H2,22,23,24);1H. The first-order chi connectivity index (χ1) is 13.2. The molecule has 0 bridgehead atoms. The van der Waals surface area contributed by atoms with Crippen LogP contribution in [-0.4, -0.2) is 28.8 Å². The van der Waals surface area contributed by atoms with Gasteiger partial charge >= 0.3 is 0 Å². The van der Waals surface area contributed by atoms with Crippen LogP contribution < -0.4 is 10.6 Å². The van der Waals surface area contributed by atoms with Crippen LogP contribution in [0.2, 0.25) is 0 Å². The van der Waals surface area contributed by atoms with E-state index in [0.29, 0.717) is 6.54 Å². The van der Waals surface area contributed by atoms with Crippen LogP contribution in [0.4, 0.5) is 0 Å². The largest absolute Gasteiger partial charge is 0.469 e. The van der Waals surface area contributed by atoms with Crippen molar-refractivity contribution in [3.63, 3.8) is 0 Å². The summed E-state index contributed by atoms with van der Waals surface area (Å²) in [6, 6.07) is 14.1. The quantitative estimate of drug-likeness (QED) is 0.297. The maximum absolute atomic E-state index is 5.37. The third-order valence-corrected chi connectivity index (χ3v) is 4.43. The van der Waals surface area contributed by atoms with Gasteiger partial charge in [-0.05, 0) is 45.0 Å². The van der Waals surface area contributed by atoms with Crippen molar-refractivity contribution in [2.75, 3.05) is 13.1 Å². The molecule has 0 saturated heterocycles. The average Bonchev–Trinajstić information content (AvgIpc) is 3.29. The molecule has 0 fully saturated rings. The summed E-state index contributed by atoms with van der Waals surface area (Å²) >= 11 is 0. The summed E-state index contributed by atoms with van der Waals surface area (Å²) in [5, 5.41) is 11.3. The fourth-order valence-electron chi connectivity index (χ4n) is 2.98. The minimum absolute atomic E-state index is 0. The van der Waals surface area contributed by atoms with Crippen LogP contribution in [0.25, 0.3) is 5.69 Å². The summed E-state index contributed by atoms with van der Waals surface area (Å²) in [6.45, 7) is 8.35. The molecule has 0 atom stereocenters. The molecule has 0 aliphatic heterocycles. The first-order valence-electron chi connectivity index (χ1n) is 9.34. The van der Waals surface area contributed by atoms with E-state index in [1.54, 1.807) is 6.26 Å². The number of hydrogen-bond donors (Lipinski definition) is 2. The number of aliphatic imine (C=N–C) groups is 1. The summed E-state index contributed by atoms with van der Waals surface area (Å²) in [5.41, 5.74) is 4.35. The van der Waals surface area contributed by atoms with Crippen molar-refractivity contribution in [3.05, 3.63) is 71.4 Å². The molecular formula is C21H28IN5O. The molecule has 2 aromatic heterocycles. The van der Waals surface area contributed by atoms with Crippen molar-refractivity contribution >= 4 is 29.9 Å². The molecule has 3 rings (SSSR count). The summed E-state index contributed by atoms with van der Waals surface area (Å²) < 4.78 is 7.35. The Hall–Kier alpha value is -2.29. The van der Waals surface area contributed by atoms with E-state index in [1.807, 2.05) is 41.9 Å². The number of nitrogens with zero attached hydrogens (tertiary/aromatic N) is 3. The van der Waals surface area contributed by atoms with E-state index in [4.69, 9.17) is 14.5 Å². The van der Waals surface area contributed by atoms with Gasteiger partial charge in [0.05, 0.1) is 24.2 Å². The maximum Gasteiger partial charge on any atom is 0.191 e. The molecular weight excluding hydrogens is 465 g/mol. The highest BCUT2D eigenvalue weighted by molar-refractivity contribution is 14.0. The first-order valence-corrected chi connectivity index (χ1v) is 9.34. The Labute approximate surface area is 183 Å². The summed E-state index contributed by atoms with van der Waals surface area (Å²) in [6.07, 6.45) is 2.52. The Morgan fingerprint density at radius 2 is 1.89 bits per heavy atom. The van der Waals surface area contributed by atoms with E-state index in [1.165, 1.54) is 0 Å². The zero-order valence-corrected chi connectivity index (χ0v) is 18.9. The molecule has 0 amide bonds. The molecule has 28 heavy (non-hydrogen) atoms. The van der Waals surface area contributed by atoms with E-state index >= 15 is 0 Å². The van der Waals surface area contributed by atoms with Crippen molar-refractivity contribution in [3.8, 4) is 5.69 Å². The number of rotatable bonds is 7. The lowest BCUT2D eigenvalue weighted by Gasteiger charge is -2.11.